The lowest BCUT2D eigenvalue weighted by atomic mass is 10.4. The van der Waals surface area contributed by atoms with Crippen molar-refractivity contribution in [2.24, 2.45) is 0 Å². The molecule has 0 aliphatic rings. The van der Waals surface area contributed by atoms with Gasteiger partial charge in [-0.1, -0.05) is 0 Å². The zero-order valence-corrected chi connectivity index (χ0v) is 3.92. The molecule has 0 fully saturated rings. The first kappa shape index (κ1) is 6.41. The van der Waals surface area contributed by atoms with Gasteiger partial charge in [0.1, 0.15) is 0 Å². The smallest absolute Gasteiger partial charge is 0.0829 e. The molecule has 0 unspecified atom stereocenters. The van der Waals surface area contributed by atoms with Crippen molar-refractivity contribution in [3.63, 3.8) is 0 Å². The van der Waals surface area contributed by atoms with Crippen LogP contribution in [0.3, 0.4) is 0 Å². The Morgan fingerprint density at radius 2 is 2.43 bits per heavy atom. The van der Waals surface area contributed by atoms with E-state index in [1.54, 1.807) is 0 Å². The minimum absolute atomic E-state index is 0.258. The van der Waals surface area contributed by atoms with Crippen molar-refractivity contribution < 1.29 is 10.1 Å². The molecule has 40 valence electrons. The van der Waals surface area contributed by atoms with Gasteiger partial charge in [0.2, 0.25) is 0 Å². The van der Waals surface area contributed by atoms with E-state index < -0.39 is 0 Å². The molecule has 0 bridgehead atoms. The van der Waals surface area contributed by atoms with Gasteiger partial charge in [0, 0.05) is 6.42 Å². The van der Waals surface area contributed by atoms with Crippen LogP contribution in [-0.4, -0.2) is 11.9 Å². The molecule has 0 heterocycles. The van der Waals surface area contributed by atoms with Crippen LogP contribution in [0.15, 0.2) is 0 Å². The molecule has 0 aliphatic carbocycles. The van der Waals surface area contributed by atoms with Crippen molar-refractivity contribution in [2.45, 2.75) is 12.8 Å². The lowest BCUT2D eigenvalue weighted by Crippen LogP contribution is -1.85. The van der Waals surface area contributed by atoms with Crippen LogP contribution in [0.5, 0.6) is 0 Å². The van der Waals surface area contributed by atoms with Gasteiger partial charge in [-0.2, -0.15) is 5.26 Å². The van der Waals surface area contributed by atoms with Gasteiger partial charge in [-0.15, -0.1) is 0 Å². The maximum atomic E-state index is 7.91. The summed E-state index contributed by atoms with van der Waals surface area (Å²) in [7, 11) is 0. The molecule has 0 saturated carbocycles. The fourth-order valence-electron chi connectivity index (χ4n) is 0.216. The highest BCUT2D eigenvalue weighted by molar-refractivity contribution is 4.67. The molecular weight excluding hydrogens is 94.0 g/mol. The van der Waals surface area contributed by atoms with Gasteiger partial charge >= 0.3 is 0 Å². The summed E-state index contributed by atoms with van der Waals surface area (Å²) in [6.45, 7) is 0.258. The van der Waals surface area contributed by atoms with Gasteiger partial charge in [0.25, 0.3) is 0 Å². The van der Waals surface area contributed by atoms with Gasteiger partial charge in [-0.3, -0.25) is 5.26 Å². The molecule has 0 rings (SSSR count). The van der Waals surface area contributed by atoms with E-state index in [9.17, 15) is 0 Å². The molecule has 3 heteroatoms. The maximum Gasteiger partial charge on any atom is 0.0829 e. The van der Waals surface area contributed by atoms with E-state index in [4.69, 9.17) is 10.5 Å². The summed E-state index contributed by atoms with van der Waals surface area (Å²) in [5.41, 5.74) is 0. The van der Waals surface area contributed by atoms with Crippen LogP contribution in [-0.2, 0) is 4.89 Å². The standard InChI is InChI=1S/C4H7NO2/c5-3-1-2-4-7-6/h6H,1-2,4H2. The Balaban J connectivity index is 2.60. The van der Waals surface area contributed by atoms with Crippen LogP contribution in [0.2, 0.25) is 0 Å². The third-order valence-corrected chi connectivity index (χ3v) is 0.524. The number of nitrogens with zero attached hydrogens (tertiary/aromatic N) is 1. The second-order valence-electron chi connectivity index (χ2n) is 1.09. The third kappa shape index (κ3) is 5.41. The Morgan fingerprint density at radius 1 is 1.71 bits per heavy atom. The third-order valence-electron chi connectivity index (χ3n) is 0.524. The molecule has 0 amide bonds. The van der Waals surface area contributed by atoms with E-state index >= 15 is 0 Å². The second kappa shape index (κ2) is 5.41. The molecule has 0 radical (unpaired) electrons. The largest absolute Gasteiger partial charge is 0.252 e. The molecule has 0 atom stereocenters. The summed E-state index contributed by atoms with van der Waals surface area (Å²) in [6, 6.07) is 1.91. The van der Waals surface area contributed by atoms with Gasteiger partial charge in [-0.05, 0) is 6.42 Å². The predicted molar refractivity (Wildman–Crippen MR) is 23.4 cm³/mol. The molecule has 0 saturated heterocycles. The van der Waals surface area contributed by atoms with Crippen molar-refractivity contribution in [3.05, 3.63) is 0 Å². The Morgan fingerprint density at radius 3 is 2.86 bits per heavy atom. The van der Waals surface area contributed by atoms with Crippen LogP contribution in [0.1, 0.15) is 12.8 Å². The summed E-state index contributed by atoms with van der Waals surface area (Å²) in [5, 5.41) is 15.6. The average Bonchev–Trinajstić information content (AvgIpc) is 1.69. The number of rotatable bonds is 3. The van der Waals surface area contributed by atoms with E-state index in [0.29, 0.717) is 12.8 Å². The van der Waals surface area contributed by atoms with Gasteiger partial charge in [0.05, 0.1) is 12.7 Å². The highest BCUT2D eigenvalue weighted by Gasteiger charge is 1.80. The first-order valence-electron chi connectivity index (χ1n) is 2.05. The van der Waals surface area contributed by atoms with Crippen LogP contribution in [0, 0.1) is 11.3 Å². The summed E-state index contributed by atoms with van der Waals surface area (Å²) in [6.07, 6.45) is 1.05. The highest BCUT2D eigenvalue weighted by Crippen LogP contribution is 1.83. The van der Waals surface area contributed by atoms with E-state index in [2.05, 4.69) is 4.89 Å². The summed E-state index contributed by atoms with van der Waals surface area (Å²) >= 11 is 0. The van der Waals surface area contributed by atoms with Crippen LogP contribution in [0.25, 0.3) is 0 Å². The van der Waals surface area contributed by atoms with Crippen molar-refractivity contribution in [1.82, 2.24) is 0 Å². The Hall–Kier alpha value is -0.590. The number of nitriles is 1. The molecule has 1 N–H and O–H groups in total. The van der Waals surface area contributed by atoms with Gasteiger partial charge in [0.15, 0.2) is 0 Å². The molecule has 0 aromatic carbocycles. The molecule has 3 nitrogen and oxygen atoms in total. The first-order valence-corrected chi connectivity index (χ1v) is 2.05. The van der Waals surface area contributed by atoms with Crippen LogP contribution < -0.4 is 0 Å². The molecule has 0 aliphatic heterocycles. The fraction of sp³-hybridized carbons (Fsp3) is 0.750. The summed E-state index contributed by atoms with van der Waals surface area (Å²) in [4.78, 5) is 3.69. The van der Waals surface area contributed by atoms with E-state index in [1.807, 2.05) is 6.07 Å². The minimum Gasteiger partial charge on any atom is -0.252 e. The first-order chi connectivity index (χ1) is 3.41. The van der Waals surface area contributed by atoms with Crippen molar-refractivity contribution in [1.29, 1.82) is 5.26 Å². The maximum absolute atomic E-state index is 7.91. The van der Waals surface area contributed by atoms with E-state index in [-0.39, 0.29) is 6.61 Å². The number of hydrogen-bond acceptors (Lipinski definition) is 3. The SMILES string of the molecule is N#CCCCOO. The highest BCUT2D eigenvalue weighted by atomic mass is 17.1. The average molecular weight is 101 g/mol. The van der Waals surface area contributed by atoms with Crippen molar-refractivity contribution >= 4 is 0 Å². The van der Waals surface area contributed by atoms with Gasteiger partial charge < -0.3 is 0 Å². The normalized spacial score (nSPS) is 8.00. The Kier molecular flexibility index (Phi) is 4.95. The van der Waals surface area contributed by atoms with Crippen LogP contribution >= 0.6 is 0 Å². The molecule has 0 aromatic rings. The Labute approximate surface area is 42.1 Å². The lowest BCUT2D eigenvalue weighted by molar-refractivity contribution is -0.242. The van der Waals surface area contributed by atoms with E-state index in [1.165, 1.54) is 0 Å². The van der Waals surface area contributed by atoms with Crippen LogP contribution in [0.4, 0.5) is 0 Å². The lowest BCUT2D eigenvalue weighted by Gasteiger charge is -1.85. The van der Waals surface area contributed by atoms with Crippen molar-refractivity contribution in [3.8, 4) is 6.07 Å². The molecular formula is C4H7NO2. The minimum atomic E-state index is 0.258. The zero-order chi connectivity index (χ0) is 5.54. The van der Waals surface area contributed by atoms with Gasteiger partial charge in [-0.25, -0.2) is 4.89 Å². The Bertz CT molecular complexity index is 66.6. The fourth-order valence-corrected chi connectivity index (χ4v) is 0.216. The molecule has 0 spiro atoms. The zero-order valence-electron chi connectivity index (χ0n) is 3.92. The number of hydrogen-bond donors (Lipinski definition) is 1. The predicted octanol–water partition coefficient (Wildman–Crippen LogP) is 0.780. The topological polar surface area (TPSA) is 53.2 Å². The van der Waals surface area contributed by atoms with Crippen molar-refractivity contribution in [2.75, 3.05) is 6.61 Å². The summed E-state index contributed by atoms with van der Waals surface area (Å²) < 4.78 is 0. The summed E-state index contributed by atoms with van der Waals surface area (Å²) in [5.74, 6) is 0. The van der Waals surface area contributed by atoms with E-state index in [0.717, 1.165) is 0 Å². The second-order valence-corrected chi connectivity index (χ2v) is 1.09. The molecule has 7 heavy (non-hydrogen) atoms. The number of unbranched alkanes of at least 4 members (excludes halogenated alkanes) is 1. The quantitative estimate of drug-likeness (QED) is 0.324. The molecule has 0 aromatic heterocycles. The monoisotopic (exact) mass is 101 g/mol.